The lowest BCUT2D eigenvalue weighted by molar-refractivity contribution is -0.384. The molecular weight excluding hydrogens is 352 g/mol. The largest absolute Gasteiger partial charge is 0.495 e. The van der Waals surface area contributed by atoms with Crippen LogP contribution in [0.25, 0.3) is 0 Å². The second-order valence-electron chi connectivity index (χ2n) is 4.76. The summed E-state index contributed by atoms with van der Waals surface area (Å²) >= 11 is 0. The van der Waals surface area contributed by atoms with E-state index in [2.05, 4.69) is 9.46 Å². The number of benzene rings is 2. The molecular formula is C15H14N2O7S. The smallest absolute Gasteiger partial charge is 0.337 e. The Balaban J connectivity index is 2.33. The molecule has 0 unspecified atom stereocenters. The van der Waals surface area contributed by atoms with E-state index in [1.54, 1.807) is 0 Å². The van der Waals surface area contributed by atoms with Gasteiger partial charge in [0.05, 0.1) is 35.3 Å². The summed E-state index contributed by atoms with van der Waals surface area (Å²) in [5.41, 5.74) is 0.0742. The average Bonchev–Trinajstić information content (AvgIpc) is 2.61. The lowest BCUT2D eigenvalue weighted by Gasteiger charge is -2.12. The number of carbonyl (C=O) groups excluding carboxylic acids is 1. The second-order valence-corrected chi connectivity index (χ2v) is 6.45. The molecule has 9 nitrogen and oxygen atoms in total. The highest BCUT2D eigenvalue weighted by Gasteiger charge is 2.19. The van der Waals surface area contributed by atoms with Gasteiger partial charge in [-0.15, -0.1) is 0 Å². The maximum atomic E-state index is 12.4. The van der Waals surface area contributed by atoms with Crippen LogP contribution in [-0.4, -0.2) is 33.5 Å². The first-order chi connectivity index (χ1) is 11.8. The normalized spacial score (nSPS) is 10.8. The summed E-state index contributed by atoms with van der Waals surface area (Å²) in [4.78, 5) is 21.4. The second kappa shape index (κ2) is 7.18. The number of nitro benzene ring substituents is 1. The summed E-state index contributed by atoms with van der Waals surface area (Å²) in [5.74, 6) is -0.475. The van der Waals surface area contributed by atoms with E-state index in [1.807, 2.05) is 0 Å². The highest BCUT2D eigenvalue weighted by atomic mass is 32.2. The summed E-state index contributed by atoms with van der Waals surface area (Å²) in [6.07, 6.45) is 0. The van der Waals surface area contributed by atoms with Crippen LogP contribution in [0.4, 0.5) is 11.4 Å². The molecule has 0 fully saturated rings. The minimum Gasteiger partial charge on any atom is -0.495 e. The number of nitrogens with one attached hydrogen (secondary N) is 1. The third-order valence-corrected chi connectivity index (χ3v) is 4.61. The summed E-state index contributed by atoms with van der Waals surface area (Å²) in [6.45, 7) is 0. The van der Waals surface area contributed by atoms with Gasteiger partial charge in [0.2, 0.25) is 0 Å². The summed E-state index contributed by atoms with van der Waals surface area (Å²) in [7, 11) is -1.45. The molecule has 0 radical (unpaired) electrons. The fourth-order valence-electron chi connectivity index (χ4n) is 1.97. The van der Waals surface area contributed by atoms with E-state index in [1.165, 1.54) is 32.4 Å². The molecule has 132 valence electrons. The van der Waals surface area contributed by atoms with E-state index in [-0.39, 0.29) is 27.6 Å². The van der Waals surface area contributed by atoms with Crippen LogP contribution in [0.3, 0.4) is 0 Å². The number of anilines is 1. The predicted molar refractivity (Wildman–Crippen MR) is 88.2 cm³/mol. The van der Waals surface area contributed by atoms with Crippen molar-refractivity contribution >= 4 is 27.4 Å². The Morgan fingerprint density at radius 1 is 1.12 bits per heavy atom. The minimum atomic E-state index is -4.00. The molecule has 2 aromatic carbocycles. The van der Waals surface area contributed by atoms with Gasteiger partial charge in [0.15, 0.2) is 0 Å². The van der Waals surface area contributed by atoms with Crippen LogP contribution >= 0.6 is 0 Å². The molecule has 0 bridgehead atoms. The van der Waals surface area contributed by atoms with Crippen LogP contribution in [0.2, 0.25) is 0 Å². The van der Waals surface area contributed by atoms with Crippen molar-refractivity contribution in [2.24, 2.45) is 0 Å². The number of carbonyl (C=O) groups is 1. The Morgan fingerprint density at radius 3 is 2.28 bits per heavy atom. The molecule has 0 saturated carbocycles. The minimum absolute atomic E-state index is 0.105. The molecule has 0 saturated heterocycles. The van der Waals surface area contributed by atoms with Crippen LogP contribution in [0.1, 0.15) is 10.4 Å². The van der Waals surface area contributed by atoms with Gasteiger partial charge in [0.25, 0.3) is 15.7 Å². The van der Waals surface area contributed by atoms with Crippen LogP contribution in [0.15, 0.2) is 47.4 Å². The van der Waals surface area contributed by atoms with Crippen LogP contribution in [0.5, 0.6) is 5.75 Å². The lowest BCUT2D eigenvalue weighted by atomic mass is 10.2. The Hall–Kier alpha value is -3.14. The van der Waals surface area contributed by atoms with E-state index in [0.29, 0.717) is 0 Å². The molecule has 0 aliphatic rings. The standard InChI is InChI=1S/C15H14N2O7S/c1-23-14-9-10(15(18)24-2)3-8-13(14)16-25(21,22)12-6-4-11(5-7-12)17(19)20/h3-9,16H,1-2H3. The van der Waals surface area contributed by atoms with E-state index >= 15 is 0 Å². The molecule has 0 aliphatic carbocycles. The van der Waals surface area contributed by atoms with Crippen molar-refractivity contribution in [1.82, 2.24) is 0 Å². The average molecular weight is 366 g/mol. The van der Waals surface area contributed by atoms with Crippen molar-refractivity contribution in [3.63, 3.8) is 0 Å². The van der Waals surface area contributed by atoms with Crippen molar-refractivity contribution in [2.45, 2.75) is 4.90 Å². The Kier molecular flexibility index (Phi) is 5.22. The highest BCUT2D eigenvalue weighted by molar-refractivity contribution is 7.92. The SMILES string of the molecule is COC(=O)c1ccc(NS(=O)(=O)c2ccc([N+](=O)[O-])cc2)c(OC)c1. The molecule has 2 rings (SSSR count). The van der Waals surface area contributed by atoms with Crippen molar-refractivity contribution in [1.29, 1.82) is 0 Å². The first-order valence-electron chi connectivity index (χ1n) is 6.82. The zero-order valence-electron chi connectivity index (χ0n) is 13.3. The summed E-state index contributed by atoms with van der Waals surface area (Å²) in [5, 5.41) is 10.6. The monoisotopic (exact) mass is 366 g/mol. The van der Waals surface area contributed by atoms with E-state index in [4.69, 9.17) is 4.74 Å². The number of nitro groups is 1. The van der Waals surface area contributed by atoms with Crippen LogP contribution < -0.4 is 9.46 Å². The van der Waals surface area contributed by atoms with Crippen molar-refractivity contribution in [2.75, 3.05) is 18.9 Å². The highest BCUT2D eigenvalue weighted by Crippen LogP contribution is 2.28. The Morgan fingerprint density at radius 2 is 1.76 bits per heavy atom. The van der Waals surface area contributed by atoms with Gasteiger partial charge in [-0.2, -0.15) is 0 Å². The van der Waals surface area contributed by atoms with E-state index < -0.39 is 20.9 Å². The topological polar surface area (TPSA) is 125 Å². The number of non-ortho nitro benzene ring substituents is 1. The predicted octanol–water partition coefficient (Wildman–Crippen LogP) is 2.19. The van der Waals surface area contributed by atoms with E-state index in [0.717, 1.165) is 24.3 Å². The molecule has 0 spiro atoms. The molecule has 0 aliphatic heterocycles. The zero-order valence-corrected chi connectivity index (χ0v) is 14.1. The Bertz CT molecular complexity index is 908. The molecule has 0 aromatic heterocycles. The molecule has 2 aromatic rings. The molecule has 0 heterocycles. The molecule has 10 heteroatoms. The maximum Gasteiger partial charge on any atom is 0.337 e. The number of hydrogen-bond acceptors (Lipinski definition) is 7. The molecule has 0 amide bonds. The third kappa shape index (κ3) is 4.04. The third-order valence-electron chi connectivity index (χ3n) is 3.22. The zero-order chi connectivity index (χ0) is 18.6. The fraction of sp³-hybridized carbons (Fsp3) is 0.133. The van der Waals surface area contributed by atoms with Gasteiger partial charge in [-0.3, -0.25) is 14.8 Å². The van der Waals surface area contributed by atoms with Gasteiger partial charge in [0.1, 0.15) is 5.75 Å². The van der Waals surface area contributed by atoms with Gasteiger partial charge in [0, 0.05) is 12.1 Å². The van der Waals surface area contributed by atoms with Crippen molar-refractivity contribution in [3.05, 3.63) is 58.1 Å². The Labute approximate surface area is 143 Å². The van der Waals surface area contributed by atoms with Gasteiger partial charge >= 0.3 is 5.97 Å². The van der Waals surface area contributed by atoms with Crippen molar-refractivity contribution < 1.29 is 27.6 Å². The van der Waals surface area contributed by atoms with Crippen LogP contribution in [0, 0.1) is 10.1 Å². The number of nitrogens with zero attached hydrogens (tertiary/aromatic N) is 1. The van der Waals surface area contributed by atoms with Crippen LogP contribution in [-0.2, 0) is 14.8 Å². The first-order valence-corrected chi connectivity index (χ1v) is 8.30. The van der Waals surface area contributed by atoms with Crippen molar-refractivity contribution in [3.8, 4) is 5.75 Å². The van der Waals surface area contributed by atoms with E-state index in [9.17, 15) is 23.3 Å². The maximum absolute atomic E-state index is 12.4. The van der Waals surface area contributed by atoms with Gasteiger partial charge in [-0.1, -0.05) is 0 Å². The summed E-state index contributed by atoms with van der Waals surface area (Å²) < 4.78 is 36.8. The number of rotatable bonds is 6. The first kappa shape index (κ1) is 18.2. The summed E-state index contributed by atoms with van der Waals surface area (Å²) in [6, 6.07) is 8.49. The molecule has 25 heavy (non-hydrogen) atoms. The molecule has 0 atom stereocenters. The van der Waals surface area contributed by atoms with Gasteiger partial charge < -0.3 is 9.47 Å². The van der Waals surface area contributed by atoms with Gasteiger partial charge in [-0.25, -0.2) is 13.2 Å². The number of ether oxygens (including phenoxy) is 2. The number of esters is 1. The number of methoxy groups -OCH3 is 2. The van der Waals surface area contributed by atoms with Gasteiger partial charge in [-0.05, 0) is 30.3 Å². The number of hydrogen-bond donors (Lipinski definition) is 1. The quantitative estimate of drug-likeness (QED) is 0.472. The molecule has 1 N–H and O–H groups in total. The lowest BCUT2D eigenvalue weighted by Crippen LogP contribution is -2.14. The number of sulfonamides is 1. The fourth-order valence-corrected chi connectivity index (χ4v) is 3.04.